The van der Waals surface area contributed by atoms with Gasteiger partial charge in [-0.05, 0) is 37.4 Å². The van der Waals surface area contributed by atoms with Crippen LogP contribution in [0, 0.1) is 0 Å². The fraction of sp³-hybridized carbons (Fsp3) is 0.368. The average molecular weight is 282 g/mol. The van der Waals surface area contributed by atoms with Gasteiger partial charge < -0.3 is 5.73 Å². The molecule has 0 bridgehead atoms. The Morgan fingerprint density at radius 2 is 1.33 bits per heavy atom. The van der Waals surface area contributed by atoms with Crippen LogP contribution in [0.1, 0.15) is 30.9 Å². The molecule has 0 aliphatic carbocycles. The highest BCUT2D eigenvalue weighted by Gasteiger charge is 2.14. The van der Waals surface area contributed by atoms with Crippen LogP contribution < -0.4 is 5.73 Å². The van der Waals surface area contributed by atoms with E-state index in [4.69, 9.17) is 5.73 Å². The zero-order valence-electron chi connectivity index (χ0n) is 12.9. The minimum absolute atomic E-state index is 0.536. The second kappa shape index (κ2) is 8.60. The lowest BCUT2D eigenvalue weighted by Gasteiger charge is -2.29. The Balaban J connectivity index is 2.06. The van der Waals surface area contributed by atoms with E-state index in [0.29, 0.717) is 6.04 Å². The summed E-state index contributed by atoms with van der Waals surface area (Å²) in [5, 5.41) is 0. The summed E-state index contributed by atoms with van der Waals surface area (Å²) in [5.74, 6) is 0. The highest BCUT2D eigenvalue weighted by molar-refractivity contribution is 5.17. The lowest BCUT2D eigenvalue weighted by Crippen LogP contribution is -2.32. The van der Waals surface area contributed by atoms with Crippen molar-refractivity contribution in [2.24, 2.45) is 5.73 Å². The van der Waals surface area contributed by atoms with Gasteiger partial charge in [-0.1, -0.05) is 60.7 Å². The summed E-state index contributed by atoms with van der Waals surface area (Å²) >= 11 is 0. The third-order valence-corrected chi connectivity index (χ3v) is 3.91. The molecule has 2 N–H and O–H groups in total. The molecule has 112 valence electrons. The molecule has 0 saturated heterocycles. The minimum Gasteiger partial charge on any atom is -0.330 e. The van der Waals surface area contributed by atoms with Crippen molar-refractivity contribution in [2.45, 2.75) is 38.9 Å². The lowest BCUT2D eigenvalue weighted by molar-refractivity contribution is 0.180. The van der Waals surface area contributed by atoms with Gasteiger partial charge in [-0.2, -0.15) is 0 Å². The highest BCUT2D eigenvalue weighted by Crippen LogP contribution is 2.16. The van der Waals surface area contributed by atoms with Crippen LogP contribution in [0.5, 0.6) is 0 Å². The van der Waals surface area contributed by atoms with E-state index in [1.54, 1.807) is 0 Å². The number of hydrogen-bond donors (Lipinski definition) is 1. The maximum absolute atomic E-state index is 5.66. The van der Waals surface area contributed by atoms with Gasteiger partial charge in [-0.15, -0.1) is 0 Å². The van der Waals surface area contributed by atoms with Gasteiger partial charge in [0.25, 0.3) is 0 Å². The Kier molecular flexibility index (Phi) is 6.45. The molecule has 1 unspecified atom stereocenters. The van der Waals surface area contributed by atoms with Crippen LogP contribution in [0.15, 0.2) is 60.7 Å². The van der Waals surface area contributed by atoms with E-state index < -0.39 is 0 Å². The zero-order valence-corrected chi connectivity index (χ0v) is 12.9. The summed E-state index contributed by atoms with van der Waals surface area (Å²) in [6.45, 7) is 5.05. The minimum atomic E-state index is 0.536. The van der Waals surface area contributed by atoms with Crippen molar-refractivity contribution in [3.05, 3.63) is 71.8 Å². The third kappa shape index (κ3) is 5.33. The normalized spacial score (nSPS) is 12.5. The van der Waals surface area contributed by atoms with Gasteiger partial charge in [-0.25, -0.2) is 0 Å². The smallest absolute Gasteiger partial charge is 0.0240 e. The summed E-state index contributed by atoms with van der Waals surface area (Å²) in [6, 6.07) is 21.9. The number of nitrogens with two attached hydrogens (primary N) is 1. The number of nitrogens with zero attached hydrogens (tertiary/aromatic N) is 1. The summed E-state index contributed by atoms with van der Waals surface area (Å²) in [4.78, 5) is 2.54. The second-order valence-electron chi connectivity index (χ2n) is 5.66. The maximum atomic E-state index is 5.66. The first-order chi connectivity index (χ1) is 10.3. The first kappa shape index (κ1) is 15.7. The number of benzene rings is 2. The Morgan fingerprint density at radius 1 is 0.857 bits per heavy atom. The Hall–Kier alpha value is -1.64. The maximum Gasteiger partial charge on any atom is 0.0240 e. The van der Waals surface area contributed by atoms with Gasteiger partial charge in [0, 0.05) is 19.1 Å². The summed E-state index contributed by atoms with van der Waals surface area (Å²) < 4.78 is 0. The van der Waals surface area contributed by atoms with Crippen LogP contribution in [-0.2, 0) is 13.1 Å². The van der Waals surface area contributed by atoms with E-state index in [1.807, 2.05) is 0 Å². The topological polar surface area (TPSA) is 29.3 Å². The average Bonchev–Trinajstić information content (AvgIpc) is 2.54. The van der Waals surface area contributed by atoms with E-state index in [2.05, 4.69) is 72.5 Å². The van der Waals surface area contributed by atoms with Gasteiger partial charge in [0.15, 0.2) is 0 Å². The van der Waals surface area contributed by atoms with Crippen molar-refractivity contribution in [3.63, 3.8) is 0 Å². The van der Waals surface area contributed by atoms with Crippen LogP contribution in [0.25, 0.3) is 0 Å². The molecular formula is C19H26N2. The van der Waals surface area contributed by atoms with Crippen molar-refractivity contribution < 1.29 is 0 Å². The molecule has 0 fully saturated rings. The number of rotatable bonds is 8. The first-order valence-electron chi connectivity index (χ1n) is 7.81. The Bertz CT molecular complexity index is 454. The predicted molar refractivity (Wildman–Crippen MR) is 89.9 cm³/mol. The molecule has 2 rings (SSSR count). The molecule has 0 spiro atoms. The largest absolute Gasteiger partial charge is 0.330 e. The monoisotopic (exact) mass is 282 g/mol. The SMILES string of the molecule is CC(CCCN)N(Cc1ccccc1)Cc1ccccc1. The fourth-order valence-electron chi connectivity index (χ4n) is 2.60. The molecule has 2 aromatic carbocycles. The van der Waals surface area contributed by atoms with E-state index in [-0.39, 0.29) is 0 Å². The molecule has 0 saturated carbocycles. The molecule has 1 atom stereocenters. The van der Waals surface area contributed by atoms with E-state index in [9.17, 15) is 0 Å². The third-order valence-electron chi connectivity index (χ3n) is 3.91. The van der Waals surface area contributed by atoms with Crippen molar-refractivity contribution in [3.8, 4) is 0 Å². The van der Waals surface area contributed by atoms with Gasteiger partial charge in [-0.3, -0.25) is 4.90 Å². The lowest BCUT2D eigenvalue weighted by atomic mass is 10.1. The molecule has 2 nitrogen and oxygen atoms in total. The van der Waals surface area contributed by atoms with Crippen molar-refractivity contribution >= 4 is 0 Å². The number of hydrogen-bond acceptors (Lipinski definition) is 2. The van der Waals surface area contributed by atoms with Gasteiger partial charge in [0.05, 0.1) is 0 Å². The molecule has 0 amide bonds. The van der Waals surface area contributed by atoms with Crippen LogP contribution in [0.4, 0.5) is 0 Å². The van der Waals surface area contributed by atoms with Crippen LogP contribution in [0.3, 0.4) is 0 Å². The summed E-state index contributed by atoms with van der Waals surface area (Å²) in [5.41, 5.74) is 8.40. The Labute approximate surface area is 128 Å². The van der Waals surface area contributed by atoms with Gasteiger partial charge in [0.2, 0.25) is 0 Å². The molecule has 0 radical (unpaired) electrons. The van der Waals surface area contributed by atoms with Crippen molar-refractivity contribution in [1.82, 2.24) is 4.90 Å². The summed E-state index contributed by atoms with van der Waals surface area (Å²) in [6.07, 6.45) is 2.23. The molecule has 0 aliphatic heterocycles. The zero-order chi connectivity index (χ0) is 14.9. The fourth-order valence-corrected chi connectivity index (χ4v) is 2.60. The standard InChI is InChI=1S/C19H26N2/c1-17(9-8-14-20)21(15-18-10-4-2-5-11-18)16-19-12-6-3-7-13-19/h2-7,10-13,17H,8-9,14-16,20H2,1H3. The summed E-state index contributed by atoms with van der Waals surface area (Å²) in [7, 11) is 0. The van der Waals surface area contributed by atoms with Crippen molar-refractivity contribution in [1.29, 1.82) is 0 Å². The van der Waals surface area contributed by atoms with Gasteiger partial charge >= 0.3 is 0 Å². The van der Waals surface area contributed by atoms with Crippen LogP contribution in [0.2, 0.25) is 0 Å². The highest BCUT2D eigenvalue weighted by atomic mass is 15.1. The Morgan fingerprint density at radius 3 is 1.76 bits per heavy atom. The molecule has 0 aromatic heterocycles. The van der Waals surface area contributed by atoms with Crippen LogP contribution in [-0.4, -0.2) is 17.5 Å². The van der Waals surface area contributed by atoms with Crippen molar-refractivity contribution in [2.75, 3.05) is 6.54 Å². The molecule has 2 heteroatoms. The van der Waals surface area contributed by atoms with Crippen LogP contribution >= 0.6 is 0 Å². The quantitative estimate of drug-likeness (QED) is 0.797. The van der Waals surface area contributed by atoms with E-state index >= 15 is 0 Å². The van der Waals surface area contributed by atoms with E-state index in [0.717, 1.165) is 32.5 Å². The molecule has 0 aliphatic rings. The molecule has 0 heterocycles. The first-order valence-corrected chi connectivity index (χ1v) is 7.81. The molecule has 2 aromatic rings. The van der Waals surface area contributed by atoms with E-state index in [1.165, 1.54) is 11.1 Å². The predicted octanol–water partition coefficient (Wildman–Crippen LogP) is 3.82. The molecular weight excluding hydrogens is 256 g/mol. The second-order valence-corrected chi connectivity index (χ2v) is 5.66. The van der Waals surface area contributed by atoms with Gasteiger partial charge in [0.1, 0.15) is 0 Å². The molecule has 21 heavy (non-hydrogen) atoms.